The molecule has 4 aromatic rings. The van der Waals surface area contributed by atoms with Crippen LogP contribution in [0.5, 0.6) is 0 Å². The van der Waals surface area contributed by atoms with Gasteiger partial charge in [0.1, 0.15) is 7.05 Å². The largest absolute Gasteiger partial charge is 0.252 e. The molecule has 0 N–H and O–H groups in total. The molecule has 2 heteroatoms. The van der Waals surface area contributed by atoms with Crippen molar-refractivity contribution in [2.75, 3.05) is 0 Å². The third kappa shape index (κ3) is 2.64. The number of hydrogen-bond donors (Lipinski definition) is 0. The highest BCUT2D eigenvalue weighted by Crippen LogP contribution is 2.45. The summed E-state index contributed by atoms with van der Waals surface area (Å²) in [5.41, 5.74) is 18.6. The van der Waals surface area contributed by atoms with Crippen LogP contribution < -0.4 is 4.57 Å². The molecule has 0 amide bonds. The molecule has 2 nitrogen and oxygen atoms in total. The molecule has 6 rings (SSSR count). The lowest BCUT2D eigenvalue weighted by molar-refractivity contribution is -0.660. The Labute approximate surface area is 184 Å². The second-order valence-corrected chi connectivity index (χ2v) is 9.43. The summed E-state index contributed by atoms with van der Waals surface area (Å²) in [7, 11) is 2.17. The Morgan fingerprint density at radius 3 is 2.39 bits per heavy atom. The van der Waals surface area contributed by atoms with E-state index in [4.69, 9.17) is 4.98 Å². The van der Waals surface area contributed by atoms with Gasteiger partial charge in [0.2, 0.25) is 5.69 Å². The fourth-order valence-corrected chi connectivity index (χ4v) is 5.54. The van der Waals surface area contributed by atoms with E-state index in [0.29, 0.717) is 0 Å². The third-order valence-electron chi connectivity index (χ3n) is 7.21. The van der Waals surface area contributed by atoms with Gasteiger partial charge in [-0.1, -0.05) is 29.3 Å². The molecule has 2 aliphatic carbocycles. The number of hydrogen-bond acceptors (Lipinski definition) is 1. The van der Waals surface area contributed by atoms with Crippen LogP contribution in [0.3, 0.4) is 0 Å². The van der Waals surface area contributed by atoms with Gasteiger partial charge in [0.05, 0.1) is 11.4 Å². The number of aromatic nitrogens is 2. The van der Waals surface area contributed by atoms with Crippen molar-refractivity contribution in [3.05, 3.63) is 93.3 Å². The van der Waals surface area contributed by atoms with Gasteiger partial charge in [-0.3, -0.25) is 4.98 Å². The minimum Gasteiger partial charge on any atom is -0.252 e. The smallest absolute Gasteiger partial charge is 0.216 e. The van der Waals surface area contributed by atoms with Gasteiger partial charge >= 0.3 is 0 Å². The predicted molar refractivity (Wildman–Crippen MR) is 126 cm³/mol. The first kappa shape index (κ1) is 18.5. The van der Waals surface area contributed by atoms with E-state index in [1.165, 1.54) is 78.3 Å². The van der Waals surface area contributed by atoms with Crippen molar-refractivity contribution >= 4 is 0 Å². The van der Waals surface area contributed by atoms with E-state index in [9.17, 15) is 0 Å². The second-order valence-electron chi connectivity index (χ2n) is 9.43. The Morgan fingerprint density at radius 1 is 0.742 bits per heavy atom. The van der Waals surface area contributed by atoms with Gasteiger partial charge < -0.3 is 0 Å². The summed E-state index contributed by atoms with van der Waals surface area (Å²) >= 11 is 0. The Kier molecular flexibility index (Phi) is 3.80. The zero-order chi connectivity index (χ0) is 21.4. The first-order valence-corrected chi connectivity index (χ1v) is 11.1. The van der Waals surface area contributed by atoms with Crippen molar-refractivity contribution in [1.82, 2.24) is 4.98 Å². The van der Waals surface area contributed by atoms with Crippen molar-refractivity contribution in [3.8, 4) is 33.6 Å². The lowest BCUT2D eigenvalue weighted by atomic mass is 9.93. The van der Waals surface area contributed by atoms with Gasteiger partial charge in [0.15, 0.2) is 6.20 Å². The molecule has 0 unspecified atom stereocenters. The van der Waals surface area contributed by atoms with Crippen LogP contribution in [0.4, 0.5) is 0 Å². The Balaban J connectivity index is 1.55. The van der Waals surface area contributed by atoms with Crippen LogP contribution in [0.15, 0.2) is 48.7 Å². The Bertz CT molecular complexity index is 1430. The summed E-state index contributed by atoms with van der Waals surface area (Å²) in [5, 5.41) is 0. The average molecular weight is 404 g/mol. The van der Waals surface area contributed by atoms with E-state index in [1.54, 1.807) is 0 Å². The SMILES string of the molecule is Cc1ccc2c(c1)-c1nc3c(cc1C2)-c1cc[n+](C)c(-c2cc(C)cc(C)c2C)c1C3. The molecular formula is C29H27N2+. The first-order chi connectivity index (χ1) is 14.9. The maximum Gasteiger partial charge on any atom is 0.216 e. The van der Waals surface area contributed by atoms with Gasteiger partial charge in [-0.25, -0.2) is 4.57 Å². The number of fused-ring (bicyclic) bond motifs is 6. The van der Waals surface area contributed by atoms with Crippen LogP contribution in [0.2, 0.25) is 0 Å². The monoisotopic (exact) mass is 403 g/mol. The first-order valence-electron chi connectivity index (χ1n) is 11.1. The van der Waals surface area contributed by atoms with Crippen LogP contribution in [0, 0.1) is 27.7 Å². The number of benzene rings is 2. The minimum atomic E-state index is 0.898. The molecule has 0 saturated carbocycles. The topological polar surface area (TPSA) is 16.8 Å². The highest BCUT2D eigenvalue weighted by atomic mass is 14.9. The highest BCUT2D eigenvalue weighted by Gasteiger charge is 2.32. The van der Waals surface area contributed by atoms with Gasteiger partial charge in [-0.05, 0) is 73.7 Å². The van der Waals surface area contributed by atoms with Crippen LogP contribution in [-0.2, 0) is 19.9 Å². The van der Waals surface area contributed by atoms with Crippen molar-refractivity contribution in [3.63, 3.8) is 0 Å². The molecule has 0 radical (unpaired) electrons. The maximum absolute atomic E-state index is 5.24. The summed E-state index contributed by atoms with van der Waals surface area (Å²) < 4.78 is 2.29. The Morgan fingerprint density at radius 2 is 1.55 bits per heavy atom. The van der Waals surface area contributed by atoms with Gasteiger partial charge in [0, 0.05) is 41.2 Å². The number of rotatable bonds is 1. The molecular weight excluding hydrogens is 376 g/mol. The molecule has 0 fully saturated rings. The molecule has 2 aromatic carbocycles. The zero-order valence-corrected chi connectivity index (χ0v) is 18.9. The van der Waals surface area contributed by atoms with E-state index < -0.39 is 0 Å². The van der Waals surface area contributed by atoms with Crippen molar-refractivity contribution in [1.29, 1.82) is 0 Å². The molecule has 0 atom stereocenters. The average Bonchev–Trinajstić information content (AvgIpc) is 3.26. The normalized spacial score (nSPS) is 13.1. The lowest BCUT2D eigenvalue weighted by Gasteiger charge is -2.12. The molecule has 31 heavy (non-hydrogen) atoms. The van der Waals surface area contributed by atoms with Crippen LogP contribution in [-0.4, -0.2) is 4.98 Å². The number of aryl methyl sites for hydroxylation is 4. The van der Waals surface area contributed by atoms with Crippen molar-refractivity contribution in [2.45, 2.75) is 40.5 Å². The van der Waals surface area contributed by atoms with E-state index >= 15 is 0 Å². The maximum atomic E-state index is 5.24. The van der Waals surface area contributed by atoms with Crippen molar-refractivity contribution < 1.29 is 4.57 Å². The molecule has 0 bridgehead atoms. The lowest BCUT2D eigenvalue weighted by Crippen LogP contribution is -2.32. The van der Waals surface area contributed by atoms with Crippen LogP contribution in [0.1, 0.15) is 44.6 Å². The predicted octanol–water partition coefficient (Wildman–Crippen LogP) is 5.95. The molecule has 2 heterocycles. The molecule has 2 aromatic heterocycles. The van der Waals surface area contributed by atoms with Crippen molar-refractivity contribution in [2.24, 2.45) is 7.05 Å². The second kappa shape index (κ2) is 6.37. The van der Waals surface area contributed by atoms with Crippen LogP contribution >= 0.6 is 0 Å². The molecule has 2 aliphatic rings. The van der Waals surface area contributed by atoms with E-state index in [2.05, 4.69) is 88.0 Å². The van der Waals surface area contributed by atoms with Gasteiger partial charge in [-0.15, -0.1) is 0 Å². The Hall–Kier alpha value is -3.26. The van der Waals surface area contributed by atoms with E-state index in [1.807, 2.05) is 0 Å². The summed E-state index contributed by atoms with van der Waals surface area (Å²) in [4.78, 5) is 5.24. The summed E-state index contributed by atoms with van der Waals surface area (Å²) in [6, 6.07) is 16.1. The standard InChI is InChI=1S/C29H27N2/c1-16-6-7-20-13-21-14-25-22-8-9-31(5)29(23-12-17(2)10-18(3)19(23)4)26(22)15-27(25)30-28(21)24(20)11-16/h6-12,14H,13,15H2,1-5H3/q+1. The minimum absolute atomic E-state index is 0.898. The third-order valence-corrected chi connectivity index (χ3v) is 7.21. The number of nitrogens with zero attached hydrogens (tertiary/aromatic N) is 2. The quantitative estimate of drug-likeness (QED) is 0.310. The molecule has 0 spiro atoms. The molecule has 0 saturated heterocycles. The van der Waals surface area contributed by atoms with E-state index in [-0.39, 0.29) is 0 Å². The fourth-order valence-electron chi connectivity index (χ4n) is 5.54. The summed E-state index contributed by atoms with van der Waals surface area (Å²) in [6.07, 6.45) is 4.10. The number of pyridine rings is 2. The highest BCUT2D eigenvalue weighted by molar-refractivity contribution is 5.85. The molecule has 152 valence electrons. The molecule has 0 aliphatic heterocycles. The fraction of sp³-hybridized carbons (Fsp3) is 0.241. The van der Waals surface area contributed by atoms with Gasteiger partial charge in [0.25, 0.3) is 0 Å². The summed E-state index contributed by atoms with van der Waals surface area (Å²) in [5.74, 6) is 0. The van der Waals surface area contributed by atoms with E-state index in [0.717, 1.165) is 12.8 Å². The zero-order valence-electron chi connectivity index (χ0n) is 18.9. The van der Waals surface area contributed by atoms with Gasteiger partial charge in [-0.2, -0.15) is 0 Å². The van der Waals surface area contributed by atoms with Crippen LogP contribution in [0.25, 0.3) is 33.6 Å². The summed E-state index contributed by atoms with van der Waals surface area (Å²) in [6.45, 7) is 8.83.